The summed E-state index contributed by atoms with van der Waals surface area (Å²) >= 11 is 0. The van der Waals surface area contributed by atoms with E-state index in [2.05, 4.69) is 15.2 Å². The summed E-state index contributed by atoms with van der Waals surface area (Å²) in [6.45, 7) is 1.96. The fraction of sp³-hybridized carbons (Fsp3) is 0.188. The van der Waals surface area contributed by atoms with Gasteiger partial charge in [-0.15, -0.1) is 10.2 Å². The monoisotopic (exact) mass is 311 g/mol. The highest BCUT2D eigenvalue weighted by Crippen LogP contribution is 2.36. The normalized spacial score (nSPS) is 10.6. The van der Waals surface area contributed by atoms with Gasteiger partial charge in [-0.3, -0.25) is 9.55 Å². The summed E-state index contributed by atoms with van der Waals surface area (Å²) in [6.07, 6.45) is 3.49. The van der Waals surface area contributed by atoms with Crippen LogP contribution in [0.15, 0.2) is 36.7 Å². The first-order chi connectivity index (χ1) is 11.2. The number of methoxy groups -OCH3 is 2. The number of nitrogens with zero attached hydrogens (tertiary/aromatic N) is 4. The van der Waals surface area contributed by atoms with Crippen molar-refractivity contribution in [3.8, 4) is 28.6 Å². The molecule has 0 aliphatic heterocycles. The SMILES string of the molecule is COc1cccc(OC)c1-n1c(N)nnc1-c1cncc(C)c1. The Balaban J connectivity index is 2.29. The molecule has 0 spiro atoms. The average molecular weight is 311 g/mol. The number of aryl methyl sites for hydroxylation is 1. The van der Waals surface area contributed by atoms with Crippen molar-refractivity contribution >= 4 is 5.95 Å². The quantitative estimate of drug-likeness (QED) is 0.795. The molecule has 0 saturated heterocycles. The minimum Gasteiger partial charge on any atom is -0.494 e. The lowest BCUT2D eigenvalue weighted by Gasteiger charge is -2.16. The molecular formula is C16H17N5O2. The van der Waals surface area contributed by atoms with Crippen molar-refractivity contribution < 1.29 is 9.47 Å². The Morgan fingerprint density at radius 1 is 1.04 bits per heavy atom. The molecule has 7 nitrogen and oxygen atoms in total. The van der Waals surface area contributed by atoms with Crippen LogP contribution in [-0.4, -0.2) is 34.0 Å². The molecule has 7 heteroatoms. The summed E-state index contributed by atoms with van der Waals surface area (Å²) in [7, 11) is 3.18. The molecule has 0 bridgehead atoms. The average Bonchev–Trinajstić information content (AvgIpc) is 2.95. The number of hydrogen-bond donors (Lipinski definition) is 1. The molecule has 0 unspecified atom stereocenters. The van der Waals surface area contributed by atoms with Crippen LogP contribution in [0.2, 0.25) is 0 Å². The van der Waals surface area contributed by atoms with E-state index in [1.165, 1.54) is 0 Å². The van der Waals surface area contributed by atoms with Crippen LogP contribution in [-0.2, 0) is 0 Å². The van der Waals surface area contributed by atoms with Gasteiger partial charge in [0, 0.05) is 18.0 Å². The zero-order chi connectivity index (χ0) is 16.4. The van der Waals surface area contributed by atoms with E-state index in [-0.39, 0.29) is 5.95 Å². The Hall–Kier alpha value is -3.09. The second kappa shape index (κ2) is 5.96. The lowest BCUT2D eigenvalue weighted by atomic mass is 10.2. The van der Waals surface area contributed by atoms with Crippen LogP contribution in [0.4, 0.5) is 5.95 Å². The van der Waals surface area contributed by atoms with Crippen LogP contribution in [0.1, 0.15) is 5.56 Å². The molecule has 0 aliphatic rings. The van der Waals surface area contributed by atoms with Crippen molar-refractivity contribution in [2.75, 3.05) is 20.0 Å². The van der Waals surface area contributed by atoms with Crippen LogP contribution in [0.3, 0.4) is 0 Å². The predicted molar refractivity (Wildman–Crippen MR) is 86.8 cm³/mol. The molecule has 2 aromatic heterocycles. The van der Waals surface area contributed by atoms with E-state index in [4.69, 9.17) is 15.2 Å². The van der Waals surface area contributed by atoms with Crippen LogP contribution in [0.25, 0.3) is 17.1 Å². The van der Waals surface area contributed by atoms with Crippen molar-refractivity contribution in [1.29, 1.82) is 0 Å². The van der Waals surface area contributed by atoms with Crippen molar-refractivity contribution in [3.63, 3.8) is 0 Å². The van der Waals surface area contributed by atoms with E-state index in [1.54, 1.807) is 31.2 Å². The van der Waals surface area contributed by atoms with Gasteiger partial charge in [0.2, 0.25) is 5.95 Å². The van der Waals surface area contributed by atoms with E-state index in [1.807, 2.05) is 31.2 Å². The van der Waals surface area contributed by atoms with Gasteiger partial charge in [0.05, 0.1) is 14.2 Å². The van der Waals surface area contributed by atoms with Gasteiger partial charge in [0.25, 0.3) is 0 Å². The Morgan fingerprint density at radius 2 is 1.74 bits per heavy atom. The van der Waals surface area contributed by atoms with E-state index in [0.717, 1.165) is 11.1 Å². The second-order valence-corrected chi connectivity index (χ2v) is 4.98. The van der Waals surface area contributed by atoms with Crippen molar-refractivity contribution in [2.24, 2.45) is 0 Å². The number of nitrogen functional groups attached to an aromatic ring is 1. The van der Waals surface area contributed by atoms with E-state index in [9.17, 15) is 0 Å². The maximum atomic E-state index is 6.05. The highest BCUT2D eigenvalue weighted by atomic mass is 16.5. The maximum absolute atomic E-state index is 6.05. The molecule has 0 saturated carbocycles. The Morgan fingerprint density at radius 3 is 2.35 bits per heavy atom. The van der Waals surface area contributed by atoms with Crippen molar-refractivity contribution in [3.05, 3.63) is 42.2 Å². The highest BCUT2D eigenvalue weighted by Gasteiger charge is 2.20. The molecule has 23 heavy (non-hydrogen) atoms. The van der Waals surface area contributed by atoms with Crippen LogP contribution in [0, 0.1) is 6.92 Å². The number of aromatic nitrogens is 4. The van der Waals surface area contributed by atoms with Gasteiger partial charge in [-0.05, 0) is 30.7 Å². The molecule has 1 aromatic carbocycles. The summed E-state index contributed by atoms with van der Waals surface area (Å²) < 4.78 is 12.6. The smallest absolute Gasteiger partial charge is 0.227 e. The molecule has 3 rings (SSSR count). The zero-order valence-electron chi connectivity index (χ0n) is 13.1. The number of nitrogens with two attached hydrogens (primary N) is 1. The molecule has 2 heterocycles. The topological polar surface area (TPSA) is 88.1 Å². The van der Waals surface area contributed by atoms with Crippen LogP contribution in [0.5, 0.6) is 11.5 Å². The number of pyridine rings is 1. The van der Waals surface area contributed by atoms with Gasteiger partial charge in [0.15, 0.2) is 5.82 Å². The van der Waals surface area contributed by atoms with Gasteiger partial charge in [0.1, 0.15) is 17.2 Å². The van der Waals surface area contributed by atoms with E-state index >= 15 is 0 Å². The summed E-state index contributed by atoms with van der Waals surface area (Å²) in [6, 6.07) is 7.47. The third-order valence-corrected chi connectivity index (χ3v) is 3.45. The number of ether oxygens (including phenoxy) is 2. The molecule has 118 valence electrons. The highest BCUT2D eigenvalue weighted by molar-refractivity contribution is 5.67. The summed E-state index contributed by atoms with van der Waals surface area (Å²) in [5, 5.41) is 8.19. The molecule has 0 amide bonds. The second-order valence-electron chi connectivity index (χ2n) is 4.98. The standard InChI is InChI=1S/C16H17N5O2/c1-10-7-11(9-18-8-10)15-19-20-16(17)21(15)14-12(22-2)5-4-6-13(14)23-3/h4-9H,1-3H3,(H2,17,20). The van der Waals surface area contributed by atoms with Crippen molar-refractivity contribution in [2.45, 2.75) is 6.92 Å². The predicted octanol–water partition coefficient (Wildman–Crippen LogP) is 2.24. The minimum atomic E-state index is 0.240. The maximum Gasteiger partial charge on any atom is 0.227 e. The van der Waals surface area contributed by atoms with Gasteiger partial charge < -0.3 is 15.2 Å². The zero-order valence-corrected chi connectivity index (χ0v) is 13.1. The third-order valence-electron chi connectivity index (χ3n) is 3.45. The number of anilines is 1. The van der Waals surface area contributed by atoms with Gasteiger partial charge in [-0.25, -0.2) is 0 Å². The number of para-hydroxylation sites is 1. The summed E-state index contributed by atoms with van der Waals surface area (Å²) in [5.74, 6) is 2.03. The van der Waals surface area contributed by atoms with Crippen LogP contribution < -0.4 is 15.2 Å². The minimum absolute atomic E-state index is 0.240. The molecule has 0 atom stereocenters. The van der Waals surface area contributed by atoms with Gasteiger partial charge >= 0.3 is 0 Å². The lowest BCUT2D eigenvalue weighted by molar-refractivity contribution is 0.391. The third kappa shape index (κ3) is 2.57. The number of benzene rings is 1. The Labute approximate surface area is 133 Å². The first-order valence-corrected chi connectivity index (χ1v) is 7.00. The Bertz CT molecular complexity index is 822. The largest absolute Gasteiger partial charge is 0.494 e. The van der Waals surface area contributed by atoms with E-state index in [0.29, 0.717) is 23.0 Å². The first kappa shape index (κ1) is 14.8. The Kier molecular flexibility index (Phi) is 3.84. The first-order valence-electron chi connectivity index (χ1n) is 7.00. The molecule has 2 N–H and O–H groups in total. The van der Waals surface area contributed by atoms with Gasteiger partial charge in [-0.2, -0.15) is 0 Å². The number of hydrogen-bond acceptors (Lipinski definition) is 6. The molecule has 3 aromatic rings. The molecule has 0 fully saturated rings. The lowest BCUT2D eigenvalue weighted by Crippen LogP contribution is -2.07. The fourth-order valence-corrected chi connectivity index (χ4v) is 2.43. The van der Waals surface area contributed by atoms with Gasteiger partial charge in [-0.1, -0.05) is 6.07 Å². The number of rotatable bonds is 4. The van der Waals surface area contributed by atoms with Crippen molar-refractivity contribution in [1.82, 2.24) is 19.7 Å². The van der Waals surface area contributed by atoms with E-state index < -0.39 is 0 Å². The summed E-state index contributed by atoms with van der Waals surface area (Å²) in [4.78, 5) is 4.21. The molecule has 0 aliphatic carbocycles. The van der Waals surface area contributed by atoms with Crippen LogP contribution >= 0.6 is 0 Å². The molecule has 0 radical (unpaired) electrons. The molecular weight excluding hydrogens is 294 g/mol. The summed E-state index contributed by atoms with van der Waals surface area (Å²) in [5.41, 5.74) is 8.53. The fourth-order valence-electron chi connectivity index (χ4n) is 2.43.